The summed E-state index contributed by atoms with van der Waals surface area (Å²) in [5, 5.41) is 5.19. The van der Waals surface area contributed by atoms with E-state index in [9.17, 15) is 4.79 Å². The molecule has 1 amide bonds. The Morgan fingerprint density at radius 2 is 1.66 bits per heavy atom. The number of carbonyl (C=O) groups excluding carboxylic acids is 1. The van der Waals surface area contributed by atoms with Crippen LogP contribution in [0.25, 0.3) is 16.8 Å². The van der Waals surface area contributed by atoms with Gasteiger partial charge in [-0.2, -0.15) is 0 Å². The second-order valence-electron chi connectivity index (χ2n) is 7.18. The van der Waals surface area contributed by atoms with Gasteiger partial charge in [0.2, 0.25) is 5.91 Å². The van der Waals surface area contributed by atoms with Crippen LogP contribution >= 0.6 is 0 Å². The lowest BCUT2D eigenvalue weighted by atomic mass is 10.0. The highest BCUT2D eigenvalue weighted by Gasteiger charge is 2.01. The number of fused-ring (bicyclic) bond motifs is 1. The van der Waals surface area contributed by atoms with Crippen molar-refractivity contribution >= 4 is 28.4 Å². The zero-order valence-electron chi connectivity index (χ0n) is 17.1. The Morgan fingerprint density at radius 3 is 2.48 bits per heavy atom. The number of benzene rings is 3. The van der Waals surface area contributed by atoms with Gasteiger partial charge in [0.15, 0.2) is 0 Å². The summed E-state index contributed by atoms with van der Waals surface area (Å²) in [6.45, 7) is 2.96. The smallest absolute Gasteiger partial charge is 0.248 e. The van der Waals surface area contributed by atoms with Gasteiger partial charge in [-0.05, 0) is 53.1 Å². The molecule has 3 rings (SSSR count). The zero-order chi connectivity index (χ0) is 20.3. The molecule has 29 heavy (non-hydrogen) atoms. The van der Waals surface area contributed by atoms with Crippen molar-refractivity contribution in [1.29, 1.82) is 0 Å². The zero-order valence-corrected chi connectivity index (χ0v) is 17.1. The van der Waals surface area contributed by atoms with Gasteiger partial charge in [-0.3, -0.25) is 4.79 Å². The van der Waals surface area contributed by atoms with Crippen LogP contribution in [0.15, 0.2) is 72.8 Å². The van der Waals surface area contributed by atoms with E-state index < -0.39 is 0 Å². The second kappa shape index (κ2) is 11.1. The van der Waals surface area contributed by atoms with Crippen LogP contribution in [0.2, 0.25) is 0 Å². The first kappa shape index (κ1) is 20.7. The van der Waals surface area contributed by atoms with Gasteiger partial charge in [0, 0.05) is 11.8 Å². The molecule has 3 aromatic carbocycles. The summed E-state index contributed by atoms with van der Waals surface area (Å²) in [6, 6.07) is 21.8. The van der Waals surface area contributed by atoms with Gasteiger partial charge in [-0.1, -0.05) is 75.1 Å². The number of ether oxygens (including phenoxy) is 1. The lowest BCUT2D eigenvalue weighted by molar-refractivity contribution is -0.111. The van der Waals surface area contributed by atoms with Crippen molar-refractivity contribution in [3.63, 3.8) is 0 Å². The van der Waals surface area contributed by atoms with Gasteiger partial charge >= 0.3 is 0 Å². The van der Waals surface area contributed by atoms with Gasteiger partial charge < -0.3 is 10.1 Å². The summed E-state index contributed by atoms with van der Waals surface area (Å²) >= 11 is 0. The Morgan fingerprint density at radius 1 is 0.897 bits per heavy atom. The van der Waals surface area contributed by atoms with Crippen LogP contribution in [0.5, 0.6) is 5.75 Å². The van der Waals surface area contributed by atoms with Crippen LogP contribution in [0.1, 0.15) is 44.6 Å². The number of unbranched alkanes of at least 4 members (excludes halogenated alkanes) is 4. The molecular formula is C26H29NO2. The minimum atomic E-state index is -0.150. The molecule has 0 fully saturated rings. The average Bonchev–Trinajstić information content (AvgIpc) is 2.76. The highest BCUT2D eigenvalue weighted by Crippen LogP contribution is 2.20. The van der Waals surface area contributed by atoms with Crippen molar-refractivity contribution in [2.75, 3.05) is 11.9 Å². The van der Waals surface area contributed by atoms with Crippen LogP contribution in [0, 0.1) is 0 Å². The van der Waals surface area contributed by atoms with Crippen LogP contribution < -0.4 is 10.1 Å². The molecule has 0 saturated heterocycles. The molecule has 150 valence electrons. The monoisotopic (exact) mass is 387 g/mol. The van der Waals surface area contributed by atoms with E-state index in [0.29, 0.717) is 0 Å². The third-order valence-electron chi connectivity index (χ3n) is 4.88. The van der Waals surface area contributed by atoms with E-state index in [-0.39, 0.29) is 5.91 Å². The van der Waals surface area contributed by atoms with E-state index in [4.69, 9.17) is 4.74 Å². The highest BCUT2D eigenvalue weighted by molar-refractivity contribution is 6.03. The lowest BCUT2D eigenvalue weighted by Crippen LogP contribution is -2.07. The summed E-state index contributed by atoms with van der Waals surface area (Å²) in [4.78, 5) is 12.3. The topological polar surface area (TPSA) is 38.3 Å². The van der Waals surface area contributed by atoms with Crippen LogP contribution in [0.4, 0.5) is 5.69 Å². The van der Waals surface area contributed by atoms with Crippen molar-refractivity contribution in [2.24, 2.45) is 0 Å². The average molecular weight is 388 g/mol. The molecule has 0 aromatic heterocycles. The number of nitrogens with one attached hydrogen (secondary N) is 1. The van der Waals surface area contributed by atoms with Gasteiger partial charge in [0.25, 0.3) is 0 Å². The third-order valence-corrected chi connectivity index (χ3v) is 4.88. The fraction of sp³-hybridized carbons (Fsp3) is 0.269. The van der Waals surface area contributed by atoms with Gasteiger partial charge in [0.1, 0.15) is 5.75 Å². The maximum Gasteiger partial charge on any atom is 0.248 e. The van der Waals surface area contributed by atoms with Gasteiger partial charge in [0.05, 0.1) is 6.61 Å². The maximum atomic E-state index is 12.3. The number of hydrogen-bond acceptors (Lipinski definition) is 2. The Labute approximate surface area is 173 Å². The maximum absolute atomic E-state index is 12.3. The van der Waals surface area contributed by atoms with Crippen molar-refractivity contribution in [3.05, 3.63) is 78.4 Å². The van der Waals surface area contributed by atoms with E-state index >= 15 is 0 Å². The molecular weight excluding hydrogens is 358 g/mol. The Hall–Kier alpha value is -3.07. The van der Waals surface area contributed by atoms with E-state index in [2.05, 4.69) is 30.4 Å². The van der Waals surface area contributed by atoms with Gasteiger partial charge in [-0.25, -0.2) is 0 Å². The first-order chi connectivity index (χ1) is 14.3. The molecule has 0 aliphatic rings. The highest BCUT2D eigenvalue weighted by atomic mass is 16.5. The number of anilines is 1. The number of hydrogen-bond donors (Lipinski definition) is 1. The molecule has 0 radical (unpaired) electrons. The number of carbonyl (C=O) groups is 1. The standard InChI is InChI=1S/C26H29NO2/c1-2-3-4-5-8-20-29-24-17-15-23(16-18-24)27-26(28)19-14-22-12-9-11-21-10-6-7-13-25(21)22/h6-7,9-19H,2-5,8,20H2,1H3,(H,27,28). The summed E-state index contributed by atoms with van der Waals surface area (Å²) in [6.07, 6.45) is 9.55. The molecule has 0 heterocycles. The Bertz CT molecular complexity index is 939. The SMILES string of the molecule is CCCCCCCOc1ccc(NC(=O)C=Cc2cccc3ccccc23)cc1. The third kappa shape index (κ3) is 6.49. The largest absolute Gasteiger partial charge is 0.494 e. The molecule has 0 bridgehead atoms. The molecule has 0 aliphatic heterocycles. The number of rotatable bonds is 10. The van der Waals surface area contributed by atoms with Crippen molar-refractivity contribution in [1.82, 2.24) is 0 Å². The molecule has 1 N–H and O–H groups in total. The van der Waals surface area contributed by atoms with Gasteiger partial charge in [-0.15, -0.1) is 0 Å². The molecule has 3 heteroatoms. The predicted octanol–water partition coefficient (Wildman–Crippen LogP) is 6.84. The minimum absolute atomic E-state index is 0.150. The van der Waals surface area contributed by atoms with Crippen LogP contribution in [-0.4, -0.2) is 12.5 Å². The molecule has 3 nitrogen and oxygen atoms in total. The first-order valence-electron chi connectivity index (χ1n) is 10.5. The minimum Gasteiger partial charge on any atom is -0.494 e. The normalized spacial score (nSPS) is 11.1. The van der Waals surface area contributed by atoms with Crippen molar-refractivity contribution < 1.29 is 9.53 Å². The molecule has 0 unspecified atom stereocenters. The van der Waals surface area contributed by atoms with Crippen molar-refractivity contribution in [3.8, 4) is 5.75 Å². The Balaban J connectivity index is 1.49. The molecule has 0 spiro atoms. The summed E-state index contributed by atoms with van der Waals surface area (Å²) < 4.78 is 5.77. The first-order valence-corrected chi connectivity index (χ1v) is 10.5. The predicted molar refractivity (Wildman–Crippen MR) is 122 cm³/mol. The van der Waals surface area contributed by atoms with Crippen LogP contribution in [-0.2, 0) is 4.79 Å². The Kier molecular flexibility index (Phi) is 7.88. The molecule has 0 saturated carbocycles. The molecule has 0 aliphatic carbocycles. The second-order valence-corrected chi connectivity index (χ2v) is 7.18. The lowest BCUT2D eigenvalue weighted by Gasteiger charge is -2.07. The summed E-state index contributed by atoms with van der Waals surface area (Å²) in [5.41, 5.74) is 1.79. The summed E-state index contributed by atoms with van der Waals surface area (Å²) in [7, 11) is 0. The fourth-order valence-electron chi connectivity index (χ4n) is 3.28. The van der Waals surface area contributed by atoms with E-state index in [0.717, 1.165) is 40.8 Å². The molecule has 0 atom stereocenters. The quantitative estimate of drug-likeness (QED) is 0.305. The van der Waals surface area contributed by atoms with E-state index in [1.54, 1.807) is 6.08 Å². The fourth-order valence-corrected chi connectivity index (χ4v) is 3.28. The number of amides is 1. The van der Waals surface area contributed by atoms with E-state index in [1.165, 1.54) is 25.7 Å². The summed E-state index contributed by atoms with van der Waals surface area (Å²) in [5.74, 6) is 0.687. The van der Waals surface area contributed by atoms with Crippen LogP contribution in [0.3, 0.4) is 0 Å². The van der Waals surface area contributed by atoms with Crippen molar-refractivity contribution in [2.45, 2.75) is 39.0 Å². The van der Waals surface area contributed by atoms with E-state index in [1.807, 2.05) is 54.6 Å². The molecule has 3 aromatic rings.